The Labute approximate surface area is 160 Å². The van der Waals surface area contributed by atoms with Crippen LogP contribution in [0, 0.1) is 13.8 Å². The summed E-state index contributed by atoms with van der Waals surface area (Å²) in [4.78, 5) is 12.4. The summed E-state index contributed by atoms with van der Waals surface area (Å²) in [5.74, 6) is 0.944. The number of rotatable bonds is 7. The molecule has 2 aromatic carbocycles. The van der Waals surface area contributed by atoms with Gasteiger partial charge in [-0.15, -0.1) is 0 Å². The average Bonchev–Trinajstić information content (AvgIpc) is 3.12. The maximum Gasteiger partial charge on any atom is 0.387 e. The maximum atomic E-state index is 12.4. The maximum absolute atomic E-state index is 12.4. The number of amides is 1. The minimum absolute atomic E-state index is 0.0270. The number of ether oxygens (including phenoxy) is 2. The second-order valence-corrected chi connectivity index (χ2v) is 6.13. The van der Waals surface area contributed by atoms with Crippen LogP contribution >= 0.6 is 0 Å². The fourth-order valence-electron chi connectivity index (χ4n) is 2.58. The molecule has 0 fully saturated rings. The van der Waals surface area contributed by atoms with E-state index in [0.717, 1.165) is 11.3 Å². The summed E-state index contributed by atoms with van der Waals surface area (Å²) in [5.41, 5.74) is 2.06. The number of carbonyl (C=O) groups is 1. The van der Waals surface area contributed by atoms with E-state index in [-0.39, 0.29) is 18.1 Å². The molecule has 0 aliphatic carbocycles. The van der Waals surface area contributed by atoms with E-state index in [9.17, 15) is 13.6 Å². The van der Waals surface area contributed by atoms with Crippen molar-refractivity contribution in [1.29, 1.82) is 0 Å². The number of halogens is 2. The number of carbonyl (C=O) groups excluding carboxylic acids is 1. The second-order valence-electron chi connectivity index (χ2n) is 6.13. The molecule has 146 valence electrons. The molecule has 0 atom stereocenters. The Balaban J connectivity index is 1.62. The van der Waals surface area contributed by atoms with Gasteiger partial charge in [0.05, 0.1) is 0 Å². The van der Waals surface area contributed by atoms with E-state index >= 15 is 0 Å². The monoisotopic (exact) mass is 387 g/mol. The van der Waals surface area contributed by atoms with Crippen LogP contribution in [0.15, 0.2) is 59.0 Å². The largest absolute Gasteiger partial charge is 0.485 e. The zero-order valence-corrected chi connectivity index (χ0v) is 15.4. The number of alkyl halides is 2. The molecule has 1 amide bonds. The predicted molar refractivity (Wildman–Crippen MR) is 100.0 cm³/mol. The molecule has 0 radical (unpaired) electrons. The Morgan fingerprint density at radius 2 is 1.86 bits per heavy atom. The SMILES string of the molecule is Cc1cc(OC(F)F)ccc1NC(=O)c1ccc(COc2ccccc2C)o1. The minimum Gasteiger partial charge on any atom is -0.485 e. The highest BCUT2D eigenvalue weighted by atomic mass is 19.3. The topological polar surface area (TPSA) is 60.7 Å². The number of aryl methyl sites for hydroxylation is 2. The molecule has 0 aliphatic heterocycles. The standard InChI is InChI=1S/C21H19F2NO4/c1-13-5-3-4-6-18(13)26-12-16-8-10-19(27-16)20(25)24-17-9-7-15(11-14(17)2)28-21(22)23/h3-11,21H,12H2,1-2H3,(H,24,25). The summed E-state index contributed by atoms with van der Waals surface area (Å²) < 4.78 is 40.1. The van der Waals surface area contributed by atoms with Gasteiger partial charge in [0.2, 0.25) is 0 Å². The van der Waals surface area contributed by atoms with Gasteiger partial charge in [0.1, 0.15) is 23.9 Å². The Morgan fingerprint density at radius 1 is 1.07 bits per heavy atom. The highest BCUT2D eigenvalue weighted by molar-refractivity contribution is 6.02. The van der Waals surface area contributed by atoms with Crippen molar-refractivity contribution < 1.29 is 27.5 Å². The lowest BCUT2D eigenvalue weighted by Gasteiger charge is -2.10. The molecule has 1 N–H and O–H groups in total. The lowest BCUT2D eigenvalue weighted by atomic mass is 10.2. The molecule has 0 saturated heterocycles. The van der Waals surface area contributed by atoms with E-state index in [1.54, 1.807) is 19.1 Å². The van der Waals surface area contributed by atoms with Gasteiger partial charge in [0, 0.05) is 5.69 Å². The number of anilines is 1. The Morgan fingerprint density at radius 3 is 2.57 bits per heavy atom. The first kappa shape index (κ1) is 19.4. The van der Waals surface area contributed by atoms with E-state index in [0.29, 0.717) is 17.0 Å². The van der Waals surface area contributed by atoms with Gasteiger partial charge in [-0.3, -0.25) is 4.79 Å². The lowest BCUT2D eigenvalue weighted by Crippen LogP contribution is -2.12. The second kappa shape index (κ2) is 8.56. The van der Waals surface area contributed by atoms with E-state index in [2.05, 4.69) is 10.1 Å². The van der Waals surface area contributed by atoms with Gasteiger partial charge in [-0.25, -0.2) is 0 Å². The van der Waals surface area contributed by atoms with Crippen LogP contribution in [0.3, 0.4) is 0 Å². The van der Waals surface area contributed by atoms with Crippen molar-refractivity contribution in [3.63, 3.8) is 0 Å². The summed E-state index contributed by atoms with van der Waals surface area (Å²) in [7, 11) is 0. The van der Waals surface area contributed by atoms with Crippen molar-refractivity contribution in [2.45, 2.75) is 27.1 Å². The number of para-hydroxylation sites is 1. The first-order valence-corrected chi connectivity index (χ1v) is 8.56. The van der Waals surface area contributed by atoms with Crippen LogP contribution in [-0.2, 0) is 6.61 Å². The van der Waals surface area contributed by atoms with Crippen molar-refractivity contribution in [2.75, 3.05) is 5.32 Å². The normalized spacial score (nSPS) is 10.8. The number of hydrogen-bond acceptors (Lipinski definition) is 4. The first-order valence-electron chi connectivity index (χ1n) is 8.56. The third-order valence-electron chi connectivity index (χ3n) is 4.02. The summed E-state index contributed by atoms with van der Waals surface area (Å²) in [5, 5.41) is 2.69. The fourth-order valence-corrected chi connectivity index (χ4v) is 2.58. The first-order chi connectivity index (χ1) is 13.4. The lowest BCUT2D eigenvalue weighted by molar-refractivity contribution is -0.0498. The summed E-state index contributed by atoms with van der Waals surface area (Å²) in [6, 6.07) is 15.1. The molecule has 3 rings (SSSR count). The molecule has 0 saturated carbocycles. The molecular weight excluding hydrogens is 368 g/mol. The number of benzene rings is 2. The van der Waals surface area contributed by atoms with Gasteiger partial charge in [-0.2, -0.15) is 8.78 Å². The molecule has 0 bridgehead atoms. The Hall–Kier alpha value is -3.35. The Bertz CT molecular complexity index is 969. The smallest absolute Gasteiger partial charge is 0.387 e. The van der Waals surface area contributed by atoms with E-state index in [4.69, 9.17) is 9.15 Å². The zero-order chi connectivity index (χ0) is 20.1. The van der Waals surface area contributed by atoms with Crippen molar-refractivity contribution in [3.05, 3.63) is 77.2 Å². The fraction of sp³-hybridized carbons (Fsp3) is 0.190. The van der Waals surface area contributed by atoms with E-state index in [1.807, 2.05) is 31.2 Å². The van der Waals surface area contributed by atoms with Crippen molar-refractivity contribution in [2.24, 2.45) is 0 Å². The van der Waals surface area contributed by atoms with Crippen LogP contribution in [0.1, 0.15) is 27.4 Å². The number of nitrogens with one attached hydrogen (secondary N) is 1. The van der Waals surface area contributed by atoms with Crippen molar-refractivity contribution >= 4 is 11.6 Å². The van der Waals surface area contributed by atoms with Crippen LogP contribution < -0.4 is 14.8 Å². The van der Waals surface area contributed by atoms with Crippen LogP contribution in [0.25, 0.3) is 0 Å². The summed E-state index contributed by atoms with van der Waals surface area (Å²) in [6.45, 7) is 0.910. The molecule has 5 nitrogen and oxygen atoms in total. The highest BCUT2D eigenvalue weighted by Crippen LogP contribution is 2.24. The van der Waals surface area contributed by atoms with Gasteiger partial charge in [0.25, 0.3) is 5.91 Å². The van der Waals surface area contributed by atoms with E-state index in [1.165, 1.54) is 18.2 Å². The van der Waals surface area contributed by atoms with Gasteiger partial charge >= 0.3 is 6.61 Å². The average molecular weight is 387 g/mol. The summed E-state index contributed by atoms with van der Waals surface area (Å²) in [6.07, 6.45) is 0. The van der Waals surface area contributed by atoms with Gasteiger partial charge in [0.15, 0.2) is 5.76 Å². The molecule has 28 heavy (non-hydrogen) atoms. The summed E-state index contributed by atoms with van der Waals surface area (Å²) >= 11 is 0. The van der Waals surface area contributed by atoms with Gasteiger partial charge in [-0.1, -0.05) is 18.2 Å². The van der Waals surface area contributed by atoms with Crippen molar-refractivity contribution in [3.8, 4) is 11.5 Å². The molecule has 0 aliphatic rings. The zero-order valence-electron chi connectivity index (χ0n) is 15.4. The predicted octanol–water partition coefficient (Wildman–Crippen LogP) is 5.33. The molecule has 1 aromatic heterocycles. The van der Waals surface area contributed by atoms with Gasteiger partial charge < -0.3 is 19.2 Å². The number of hydrogen-bond donors (Lipinski definition) is 1. The molecule has 1 heterocycles. The van der Waals surface area contributed by atoms with Crippen LogP contribution in [-0.4, -0.2) is 12.5 Å². The Kier molecular flexibility index (Phi) is 5.93. The highest BCUT2D eigenvalue weighted by Gasteiger charge is 2.14. The van der Waals surface area contributed by atoms with Crippen molar-refractivity contribution in [1.82, 2.24) is 0 Å². The quantitative estimate of drug-likeness (QED) is 0.595. The van der Waals surface area contributed by atoms with E-state index < -0.39 is 12.5 Å². The number of furan rings is 1. The molecular formula is C21H19F2NO4. The van der Waals surface area contributed by atoms with Crippen LogP contribution in [0.5, 0.6) is 11.5 Å². The molecule has 0 spiro atoms. The molecule has 3 aromatic rings. The third kappa shape index (κ3) is 4.88. The minimum atomic E-state index is -2.90. The van der Waals surface area contributed by atoms with Gasteiger partial charge in [-0.05, 0) is 61.4 Å². The van der Waals surface area contributed by atoms with Crippen LogP contribution in [0.2, 0.25) is 0 Å². The molecule has 7 heteroatoms. The molecule has 0 unspecified atom stereocenters. The van der Waals surface area contributed by atoms with Crippen LogP contribution in [0.4, 0.5) is 14.5 Å². The third-order valence-corrected chi connectivity index (χ3v) is 4.02.